The van der Waals surface area contributed by atoms with Crippen molar-refractivity contribution in [3.63, 3.8) is 0 Å². The first kappa shape index (κ1) is 54.1. The molecular weight excluding hydrogens is 695 g/mol. The fourth-order valence-corrected chi connectivity index (χ4v) is 7.14. The molecule has 0 fully saturated rings. The van der Waals surface area contributed by atoms with Crippen LogP contribution in [-0.2, 0) is 14.3 Å². The minimum Gasteiger partial charge on any atom is -0.466 e. The lowest BCUT2D eigenvalue weighted by molar-refractivity contribution is -0.143. The smallest absolute Gasteiger partial charge is 0.305 e. The lowest BCUT2D eigenvalue weighted by atomic mass is 10.0. The van der Waals surface area contributed by atoms with Gasteiger partial charge < -0.3 is 20.3 Å². The van der Waals surface area contributed by atoms with Gasteiger partial charge in [-0.1, -0.05) is 192 Å². The molecule has 56 heavy (non-hydrogen) atoms. The van der Waals surface area contributed by atoms with Gasteiger partial charge in [-0.3, -0.25) is 9.59 Å². The van der Waals surface area contributed by atoms with E-state index in [1.54, 1.807) is 0 Å². The molecule has 328 valence electrons. The Morgan fingerprint density at radius 1 is 0.500 bits per heavy atom. The number of hydrogen-bond acceptors (Lipinski definition) is 5. The standard InChI is InChI=1S/C50H93NO5/c1-3-5-7-9-11-13-15-17-18-19-20-21-22-24-28-32-36-40-44-50(55)56-45-41-37-33-29-25-27-31-35-39-43-49(54)51-47(46-52)48(53)42-38-34-30-26-23-16-14-12-10-8-6-4-2/h13,15,18-19,27,31,47-48,52-53H,3-12,14,16-17,20-26,28-30,32-46H2,1-2H3,(H,51,54)/b15-13-,19-18-,31-27-. The van der Waals surface area contributed by atoms with E-state index in [1.165, 1.54) is 135 Å². The molecular formula is C50H93NO5. The van der Waals surface area contributed by atoms with Crippen LogP contribution in [0.15, 0.2) is 36.5 Å². The first-order chi connectivity index (χ1) is 27.5. The Kier molecular flexibility index (Phi) is 44.2. The summed E-state index contributed by atoms with van der Waals surface area (Å²) in [4.78, 5) is 24.4. The number of aliphatic hydroxyl groups excluding tert-OH is 2. The minimum atomic E-state index is -0.695. The Bertz CT molecular complexity index is 915. The van der Waals surface area contributed by atoms with Crippen molar-refractivity contribution >= 4 is 11.9 Å². The lowest BCUT2D eigenvalue weighted by Crippen LogP contribution is -2.45. The van der Waals surface area contributed by atoms with Crippen LogP contribution in [0.5, 0.6) is 0 Å². The van der Waals surface area contributed by atoms with Crippen LogP contribution in [0.3, 0.4) is 0 Å². The summed E-state index contributed by atoms with van der Waals surface area (Å²) in [6.07, 6.45) is 54.0. The summed E-state index contributed by atoms with van der Waals surface area (Å²) in [6, 6.07) is -0.579. The van der Waals surface area contributed by atoms with Crippen molar-refractivity contribution in [3.05, 3.63) is 36.5 Å². The summed E-state index contributed by atoms with van der Waals surface area (Å²) in [6.45, 7) is 4.82. The molecule has 0 aliphatic heterocycles. The zero-order chi connectivity index (χ0) is 40.8. The van der Waals surface area contributed by atoms with E-state index in [2.05, 4.69) is 55.6 Å². The van der Waals surface area contributed by atoms with Gasteiger partial charge in [-0.2, -0.15) is 0 Å². The molecule has 1 amide bonds. The Morgan fingerprint density at radius 3 is 1.43 bits per heavy atom. The number of ether oxygens (including phenoxy) is 1. The van der Waals surface area contributed by atoms with Gasteiger partial charge in [0.1, 0.15) is 0 Å². The second-order valence-corrected chi connectivity index (χ2v) is 16.4. The fourth-order valence-electron chi connectivity index (χ4n) is 7.14. The number of allylic oxidation sites excluding steroid dienone is 6. The van der Waals surface area contributed by atoms with Crippen LogP contribution in [0, 0.1) is 0 Å². The van der Waals surface area contributed by atoms with E-state index >= 15 is 0 Å². The molecule has 0 aromatic carbocycles. The van der Waals surface area contributed by atoms with E-state index in [4.69, 9.17) is 4.74 Å². The average molecular weight is 788 g/mol. The molecule has 0 aromatic rings. The molecule has 6 heteroatoms. The van der Waals surface area contributed by atoms with Crippen LogP contribution < -0.4 is 5.32 Å². The van der Waals surface area contributed by atoms with Crippen molar-refractivity contribution in [2.75, 3.05) is 13.2 Å². The number of amides is 1. The summed E-state index contributed by atoms with van der Waals surface area (Å²) < 4.78 is 5.44. The highest BCUT2D eigenvalue weighted by Gasteiger charge is 2.19. The van der Waals surface area contributed by atoms with Gasteiger partial charge in [-0.15, -0.1) is 0 Å². The highest BCUT2D eigenvalue weighted by molar-refractivity contribution is 5.76. The van der Waals surface area contributed by atoms with E-state index in [9.17, 15) is 19.8 Å². The quantitative estimate of drug-likeness (QED) is 0.0325. The third kappa shape index (κ3) is 41.7. The lowest BCUT2D eigenvalue weighted by Gasteiger charge is -2.22. The van der Waals surface area contributed by atoms with E-state index in [0.29, 0.717) is 25.9 Å². The SMILES string of the molecule is CCCCCC/C=C\C/C=C\CCCCCCCCCC(=O)OCCCCCC/C=C\CCCC(=O)NC(CO)C(O)CCCCCCCCCCCCCC. The molecule has 2 unspecified atom stereocenters. The molecule has 3 N–H and O–H groups in total. The number of aliphatic hydroxyl groups is 2. The Hall–Kier alpha value is -1.92. The Labute approximate surface area is 347 Å². The van der Waals surface area contributed by atoms with E-state index in [-0.39, 0.29) is 18.5 Å². The first-order valence-corrected chi connectivity index (χ1v) is 24.2. The van der Waals surface area contributed by atoms with Crippen molar-refractivity contribution in [3.8, 4) is 0 Å². The Balaban J connectivity index is 3.54. The summed E-state index contributed by atoms with van der Waals surface area (Å²) in [5.41, 5.74) is 0. The van der Waals surface area contributed by atoms with E-state index in [1.807, 2.05) is 0 Å². The van der Waals surface area contributed by atoms with Crippen LogP contribution >= 0.6 is 0 Å². The second-order valence-electron chi connectivity index (χ2n) is 16.4. The Morgan fingerprint density at radius 2 is 0.911 bits per heavy atom. The predicted molar refractivity (Wildman–Crippen MR) is 241 cm³/mol. The normalized spacial score (nSPS) is 13.0. The predicted octanol–water partition coefficient (Wildman–Crippen LogP) is 14.1. The maximum Gasteiger partial charge on any atom is 0.305 e. The van der Waals surface area contributed by atoms with Crippen LogP contribution in [0.4, 0.5) is 0 Å². The van der Waals surface area contributed by atoms with Crippen LogP contribution in [-0.4, -0.2) is 47.4 Å². The number of rotatable bonds is 44. The number of hydrogen-bond donors (Lipinski definition) is 3. The molecule has 0 spiro atoms. The third-order valence-electron chi connectivity index (χ3n) is 10.9. The average Bonchev–Trinajstić information content (AvgIpc) is 3.20. The maximum absolute atomic E-state index is 12.4. The maximum atomic E-state index is 12.4. The van der Waals surface area contributed by atoms with Gasteiger partial charge in [-0.25, -0.2) is 0 Å². The third-order valence-corrected chi connectivity index (χ3v) is 10.9. The van der Waals surface area contributed by atoms with Crippen molar-refractivity contribution in [1.29, 1.82) is 0 Å². The van der Waals surface area contributed by atoms with E-state index in [0.717, 1.165) is 77.0 Å². The van der Waals surface area contributed by atoms with Gasteiger partial charge in [0.05, 0.1) is 25.4 Å². The largest absolute Gasteiger partial charge is 0.466 e. The number of unbranched alkanes of at least 4 members (excludes halogenated alkanes) is 27. The zero-order valence-electron chi connectivity index (χ0n) is 37.1. The van der Waals surface area contributed by atoms with Gasteiger partial charge in [0.15, 0.2) is 0 Å². The summed E-state index contributed by atoms with van der Waals surface area (Å²) in [5, 5.41) is 23.1. The molecule has 0 aliphatic carbocycles. The van der Waals surface area contributed by atoms with Gasteiger partial charge in [-0.05, 0) is 77.0 Å². The molecule has 0 heterocycles. The molecule has 0 aliphatic rings. The van der Waals surface area contributed by atoms with E-state index < -0.39 is 12.1 Å². The zero-order valence-corrected chi connectivity index (χ0v) is 37.1. The van der Waals surface area contributed by atoms with Crippen molar-refractivity contribution < 1.29 is 24.5 Å². The highest BCUT2D eigenvalue weighted by atomic mass is 16.5. The molecule has 0 rings (SSSR count). The molecule has 6 nitrogen and oxygen atoms in total. The molecule has 0 aromatic heterocycles. The molecule has 2 atom stereocenters. The van der Waals surface area contributed by atoms with Crippen LogP contribution in [0.25, 0.3) is 0 Å². The topological polar surface area (TPSA) is 95.9 Å². The van der Waals surface area contributed by atoms with Crippen molar-refractivity contribution in [2.45, 2.75) is 257 Å². The molecule has 0 saturated carbocycles. The number of carbonyl (C=O) groups excluding carboxylic acids is 2. The number of esters is 1. The van der Waals surface area contributed by atoms with Gasteiger partial charge >= 0.3 is 5.97 Å². The minimum absolute atomic E-state index is 0.0439. The summed E-state index contributed by atoms with van der Waals surface area (Å²) in [7, 11) is 0. The monoisotopic (exact) mass is 788 g/mol. The van der Waals surface area contributed by atoms with Crippen molar-refractivity contribution in [1.82, 2.24) is 5.32 Å². The molecule has 0 radical (unpaired) electrons. The van der Waals surface area contributed by atoms with Crippen molar-refractivity contribution in [2.24, 2.45) is 0 Å². The summed E-state index contributed by atoms with van der Waals surface area (Å²) in [5.74, 6) is -0.142. The van der Waals surface area contributed by atoms with Crippen LogP contribution in [0.1, 0.15) is 245 Å². The highest BCUT2D eigenvalue weighted by Crippen LogP contribution is 2.15. The molecule has 0 bridgehead atoms. The van der Waals surface area contributed by atoms with Gasteiger partial charge in [0.25, 0.3) is 0 Å². The summed E-state index contributed by atoms with van der Waals surface area (Å²) >= 11 is 0. The fraction of sp³-hybridized carbons (Fsp3) is 0.840. The van der Waals surface area contributed by atoms with Gasteiger partial charge in [0, 0.05) is 12.8 Å². The first-order valence-electron chi connectivity index (χ1n) is 24.2. The van der Waals surface area contributed by atoms with Gasteiger partial charge in [0.2, 0.25) is 5.91 Å². The number of carbonyl (C=O) groups is 2. The van der Waals surface area contributed by atoms with Crippen LogP contribution in [0.2, 0.25) is 0 Å². The second kappa shape index (κ2) is 45.8. The number of nitrogens with one attached hydrogen (secondary N) is 1. The molecule has 0 saturated heterocycles.